The number of hydrogen-bond acceptors (Lipinski definition) is 23. The first-order valence-corrected chi connectivity index (χ1v) is 19.7. The Bertz CT molecular complexity index is 1110. The second kappa shape index (κ2) is 57.4. The van der Waals surface area contributed by atoms with Crippen molar-refractivity contribution in [3.05, 3.63) is 35.4 Å². The van der Waals surface area contributed by atoms with Gasteiger partial charge in [-0.3, -0.25) is 9.59 Å². The third-order valence-electron chi connectivity index (χ3n) is 6.45. The summed E-state index contributed by atoms with van der Waals surface area (Å²) in [5, 5.41) is 143. The number of aryl methyl sites for hydroxylation is 1. The molecule has 1 rings (SSSR count). The van der Waals surface area contributed by atoms with Crippen molar-refractivity contribution in [3.63, 3.8) is 0 Å². The molecule has 0 saturated carbocycles. The van der Waals surface area contributed by atoms with Gasteiger partial charge in [-0.1, -0.05) is 37.6 Å². The number of aliphatic hydroxyl groups excluding tert-OH is 10. The van der Waals surface area contributed by atoms with Crippen LogP contribution in [0.2, 0.25) is 0 Å². The predicted octanol–water partition coefficient (Wildman–Crippen LogP) is -8.60. The monoisotopic (exact) mass is 1090 g/mol. The number of aliphatic carboxylic acids is 5. The zero-order valence-electron chi connectivity index (χ0n) is 38.5. The molecule has 1 aromatic carbocycles. The van der Waals surface area contributed by atoms with Crippen molar-refractivity contribution in [1.29, 1.82) is 0 Å². The smallest absolute Gasteiger partial charge is 0.550 e. The Morgan fingerprint density at radius 3 is 1.11 bits per heavy atom. The number of nitrogens with one attached hydrogen (secondary N) is 4. The van der Waals surface area contributed by atoms with Gasteiger partial charge < -0.3 is 118 Å². The van der Waals surface area contributed by atoms with Gasteiger partial charge in [0.25, 0.3) is 11.9 Å². The molecular formula is C39H78GdN5O20. The standard InChI is InChI=1S/C15H27N3.2C7H17NO5.5C2H4O2.Gd/c1-2-3-4-14-5-7-15(8-6-14)13-18-12-11-17-10-9-16;2*1-8-2-4(10)6(12)7(13)5(11)3-9;5*1-2(3)4;/h5-8,17-18H,2-4,9-13,16H2,1H3;2*4-13H,2-3H2,1H3;5*1H3,(H,3,4);/q;;;;;;;;+3/p-3/t;2*4-,5+,6+,7+;;;;;;/m.00....../s1. The Kier molecular flexibility index (Phi) is 70.1. The molecule has 0 aliphatic heterocycles. The van der Waals surface area contributed by atoms with E-state index in [0.717, 1.165) is 60.8 Å². The van der Waals surface area contributed by atoms with E-state index in [1.54, 1.807) is 14.1 Å². The van der Waals surface area contributed by atoms with E-state index in [9.17, 15) is 10.2 Å². The van der Waals surface area contributed by atoms with Gasteiger partial charge in [0, 0.05) is 77.6 Å². The number of hydrogen-bond donors (Lipinski definition) is 17. The van der Waals surface area contributed by atoms with Crippen LogP contribution in [0.5, 0.6) is 0 Å². The summed E-state index contributed by atoms with van der Waals surface area (Å²) < 4.78 is 0. The van der Waals surface area contributed by atoms with Crippen molar-refractivity contribution < 1.29 is 141 Å². The minimum absolute atomic E-state index is 0. The molecule has 0 fully saturated rings. The summed E-state index contributed by atoms with van der Waals surface area (Å²) >= 11 is 0. The van der Waals surface area contributed by atoms with Crippen LogP contribution in [0, 0.1) is 39.9 Å². The topological polar surface area (TPSA) is 471 Å². The van der Waals surface area contributed by atoms with Gasteiger partial charge in [0.05, 0.1) is 25.4 Å². The van der Waals surface area contributed by atoms with Gasteiger partial charge in [-0.25, -0.2) is 0 Å². The van der Waals surface area contributed by atoms with E-state index in [4.69, 9.17) is 96.1 Å². The van der Waals surface area contributed by atoms with Crippen molar-refractivity contribution in [1.82, 2.24) is 21.3 Å². The van der Waals surface area contributed by atoms with Crippen LogP contribution < -0.4 is 42.3 Å². The second-order valence-electron chi connectivity index (χ2n) is 12.9. The first-order valence-electron chi connectivity index (χ1n) is 19.7. The summed E-state index contributed by atoms with van der Waals surface area (Å²) in [5.41, 5.74) is 8.21. The maximum atomic E-state index is 9.21. The number of aliphatic hydroxyl groups is 10. The van der Waals surface area contributed by atoms with E-state index in [0.29, 0.717) is 6.54 Å². The Hall–Kier alpha value is -2.71. The molecule has 0 bridgehead atoms. The van der Waals surface area contributed by atoms with Crippen LogP contribution in [0.25, 0.3) is 0 Å². The average Bonchev–Trinajstić information content (AvgIpc) is 3.19. The summed E-state index contributed by atoms with van der Waals surface area (Å²) in [6, 6.07) is 8.95. The van der Waals surface area contributed by atoms with Crippen LogP contribution in [-0.2, 0) is 36.9 Å². The number of unbranched alkanes of at least 4 members (excludes halogenated alkanes) is 1. The van der Waals surface area contributed by atoms with Gasteiger partial charge in [-0.15, -0.1) is 0 Å². The molecule has 387 valence electrons. The number of carbonyl (C=O) groups excluding carboxylic acids is 3. The van der Waals surface area contributed by atoms with E-state index in [2.05, 4.69) is 52.5 Å². The average molecular weight is 1090 g/mol. The molecule has 0 aliphatic carbocycles. The third kappa shape index (κ3) is 75.9. The molecule has 1 aromatic rings. The molecule has 18 N–H and O–H groups in total. The number of likely N-dealkylation sites (N-methyl/N-ethyl adjacent to an activating group) is 2. The third-order valence-corrected chi connectivity index (χ3v) is 6.45. The van der Waals surface area contributed by atoms with E-state index < -0.39 is 91.9 Å². The molecule has 0 heterocycles. The number of rotatable bonds is 22. The molecule has 0 amide bonds. The normalized spacial score (nSPS) is 13.2. The predicted molar refractivity (Wildman–Crippen MR) is 227 cm³/mol. The summed E-state index contributed by atoms with van der Waals surface area (Å²) in [7, 11) is 3.15. The Balaban J connectivity index is -0.000000104. The molecular weight excluding hydrogens is 1020 g/mol. The number of carboxylic acid groups (broad SMARTS) is 5. The van der Waals surface area contributed by atoms with Crippen LogP contribution in [0.4, 0.5) is 0 Å². The van der Waals surface area contributed by atoms with Gasteiger partial charge in [0.2, 0.25) is 0 Å². The molecule has 25 nitrogen and oxygen atoms in total. The molecule has 8 atom stereocenters. The van der Waals surface area contributed by atoms with Crippen molar-refractivity contribution in [2.75, 3.05) is 66.6 Å². The second-order valence-corrected chi connectivity index (χ2v) is 12.9. The van der Waals surface area contributed by atoms with Gasteiger partial charge in [-0.05, 0) is 58.8 Å². The van der Waals surface area contributed by atoms with Gasteiger partial charge in [0.15, 0.2) is 0 Å². The van der Waals surface area contributed by atoms with E-state index >= 15 is 0 Å². The fourth-order valence-corrected chi connectivity index (χ4v) is 3.63. The zero-order valence-corrected chi connectivity index (χ0v) is 40.7. The van der Waals surface area contributed by atoms with E-state index in [1.807, 2.05) is 0 Å². The number of nitrogens with two attached hydrogens (primary N) is 1. The van der Waals surface area contributed by atoms with Crippen LogP contribution in [0.3, 0.4) is 0 Å². The maximum absolute atomic E-state index is 9.21. The molecule has 0 unspecified atom stereocenters. The molecule has 1 radical (unpaired) electrons. The quantitative estimate of drug-likeness (QED) is 0.0480. The molecule has 26 heteroatoms. The summed E-state index contributed by atoms with van der Waals surface area (Å²) in [6.07, 6.45) is -7.55. The fraction of sp³-hybridized carbons (Fsp3) is 0.718. The van der Waals surface area contributed by atoms with E-state index in [-0.39, 0.29) is 53.0 Å². The molecule has 0 saturated heterocycles. The maximum Gasteiger partial charge on any atom is 3.00 e. The number of benzene rings is 1. The van der Waals surface area contributed by atoms with Crippen molar-refractivity contribution in [2.24, 2.45) is 5.73 Å². The van der Waals surface area contributed by atoms with Crippen molar-refractivity contribution in [2.45, 2.75) is 116 Å². The molecule has 65 heavy (non-hydrogen) atoms. The Morgan fingerprint density at radius 2 is 0.846 bits per heavy atom. The van der Waals surface area contributed by atoms with Crippen LogP contribution in [-0.4, -0.2) is 207 Å². The molecule has 0 aliphatic rings. The minimum atomic E-state index is -1.55. The Labute approximate surface area is 413 Å². The first kappa shape index (κ1) is 79.4. The minimum Gasteiger partial charge on any atom is -0.550 e. The van der Waals surface area contributed by atoms with Crippen LogP contribution >= 0.6 is 0 Å². The van der Waals surface area contributed by atoms with Crippen LogP contribution in [0.1, 0.15) is 65.5 Å². The molecule has 0 spiro atoms. The van der Waals surface area contributed by atoms with Crippen molar-refractivity contribution >= 4 is 29.8 Å². The van der Waals surface area contributed by atoms with Gasteiger partial charge in [-0.2, -0.15) is 0 Å². The zero-order chi connectivity index (χ0) is 51.8. The summed E-state index contributed by atoms with van der Waals surface area (Å²) in [6.45, 7) is 10.7. The molecule has 0 aromatic heterocycles. The number of carboxylic acids is 5. The van der Waals surface area contributed by atoms with Crippen molar-refractivity contribution in [3.8, 4) is 0 Å². The fourth-order valence-electron chi connectivity index (χ4n) is 3.63. The summed E-state index contributed by atoms with van der Waals surface area (Å²) in [5.74, 6) is -4.92. The number of carbonyl (C=O) groups is 5. The first-order chi connectivity index (χ1) is 29.6. The van der Waals surface area contributed by atoms with Gasteiger partial charge in [0.1, 0.15) is 36.6 Å². The van der Waals surface area contributed by atoms with Gasteiger partial charge >= 0.3 is 39.9 Å². The summed E-state index contributed by atoms with van der Waals surface area (Å²) in [4.78, 5) is 44.7. The Morgan fingerprint density at radius 1 is 0.569 bits per heavy atom. The van der Waals surface area contributed by atoms with E-state index in [1.165, 1.54) is 30.4 Å². The SMILES string of the molecule is CC(=O)O.CC(=O)O.CC(=O)[O-].CC(=O)[O-].CC(=O)[O-].CCCCc1ccc(CNCCNCCN)cc1.CNC[C@H](O)[C@@H](O)[C@H](O)[C@H](O)CO.CNC[C@H](O)[C@@H](O)[C@H](O)[C@H](O)CO.[Gd+3]. The van der Waals surface area contributed by atoms with Crippen LogP contribution in [0.15, 0.2) is 24.3 Å². The largest absolute Gasteiger partial charge is 3.00 e.